The summed E-state index contributed by atoms with van der Waals surface area (Å²) in [4.78, 5) is 21.4. The minimum Gasteiger partial charge on any atom is -0.475 e. The molecule has 2 heterocycles. The van der Waals surface area contributed by atoms with Crippen LogP contribution >= 0.6 is 23.2 Å². The minimum absolute atomic E-state index is 0.320. The number of nitrogens with zero attached hydrogens (tertiary/aromatic N) is 1. The van der Waals surface area contributed by atoms with Gasteiger partial charge < -0.3 is 21.1 Å². The Hall–Kier alpha value is -2.53. The van der Waals surface area contributed by atoms with Gasteiger partial charge in [0.15, 0.2) is 0 Å². The number of aliphatic carboxylic acids is 1. The van der Waals surface area contributed by atoms with Crippen LogP contribution in [0.15, 0.2) is 36.4 Å². The third-order valence-corrected chi connectivity index (χ3v) is 7.32. The van der Waals surface area contributed by atoms with Gasteiger partial charge in [-0.3, -0.25) is 4.48 Å². The average molecular weight is 562 g/mol. The first-order valence-electron chi connectivity index (χ1n) is 11.9. The van der Waals surface area contributed by atoms with Crippen LogP contribution in [0.25, 0.3) is 0 Å². The van der Waals surface area contributed by atoms with Gasteiger partial charge in [-0.25, -0.2) is 9.59 Å². The summed E-state index contributed by atoms with van der Waals surface area (Å²) < 4.78 is 32.8. The Morgan fingerprint density at radius 1 is 1.05 bits per heavy atom. The Labute approximate surface area is 223 Å². The number of likely N-dealkylation sites (tertiary alicyclic amines) is 1. The zero-order valence-corrected chi connectivity index (χ0v) is 22.0. The fourth-order valence-electron chi connectivity index (χ4n) is 5.35. The first kappa shape index (κ1) is 29.0. The maximum Gasteiger partial charge on any atom is 0.490 e. The number of carbonyl (C=O) groups excluding carboxylic acids is 1. The number of nitrogens with one attached hydrogen (secondary N) is 3. The Balaban J connectivity index is 0.000000479. The van der Waals surface area contributed by atoms with Crippen molar-refractivity contribution < 1.29 is 27.9 Å². The molecule has 2 aliphatic heterocycles. The van der Waals surface area contributed by atoms with E-state index in [0.29, 0.717) is 27.8 Å². The second-order valence-electron chi connectivity index (χ2n) is 9.33. The van der Waals surface area contributed by atoms with Crippen molar-refractivity contribution in [2.75, 3.05) is 30.3 Å². The molecule has 2 aromatic carbocycles. The number of carboxylic acid groups (broad SMARTS) is 1. The number of quaternary nitrogens is 1. The molecule has 0 bridgehead atoms. The molecule has 2 aromatic rings. The summed E-state index contributed by atoms with van der Waals surface area (Å²) in [6.07, 6.45) is -1.34. The van der Waals surface area contributed by atoms with E-state index in [1.165, 1.54) is 37.1 Å². The zero-order chi connectivity index (χ0) is 27.4. The fourth-order valence-corrected chi connectivity index (χ4v) is 5.87. The second-order valence-corrected chi connectivity index (χ2v) is 10.2. The molecule has 12 heteroatoms. The lowest BCUT2D eigenvalue weighted by atomic mass is 10.0. The van der Waals surface area contributed by atoms with Crippen molar-refractivity contribution >= 4 is 52.3 Å². The van der Waals surface area contributed by atoms with Crippen LogP contribution in [0, 0.1) is 6.92 Å². The van der Waals surface area contributed by atoms with Crippen molar-refractivity contribution in [3.05, 3.63) is 52.0 Å². The van der Waals surface area contributed by atoms with Crippen LogP contribution in [0.3, 0.4) is 0 Å². The van der Waals surface area contributed by atoms with E-state index in [9.17, 15) is 18.0 Å². The van der Waals surface area contributed by atoms with E-state index in [1.54, 1.807) is 18.2 Å². The molecule has 3 unspecified atom stereocenters. The number of anilines is 2. The molecule has 0 aromatic heterocycles. The number of rotatable bonds is 4. The van der Waals surface area contributed by atoms with Crippen molar-refractivity contribution in [1.29, 1.82) is 0 Å². The maximum atomic E-state index is 12.5. The monoisotopic (exact) mass is 561 g/mol. The smallest absolute Gasteiger partial charge is 0.475 e. The molecular formula is C25H30Cl2F3N4O3+. The van der Waals surface area contributed by atoms with Crippen LogP contribution in [0.5, 0.6) is 0 Å². The van der Waals surface area contributed by atoms with Crippen molar-refractivity contribution in [2.24, 2.45) is 0 Å². The molecule has 0 aliphatic carbocycles. The molecule has 2 saturated heterocycles. The van der Waals surface area contributed by atoms with Gasteiger partial charge in [-0.15, -0.1) is 0 Å². The van der Waals surface area contributed by atoms with Gasteiger partial charge in [-0.2, -0.15) is 13.2 Å². The number of amides is 2. The van der Waals surface area contributed by atoms with Gasteiger partial charge in [0, 0.05) is 65.4 Å². The number of benzene rings is 2. The highest BCUT2D eigenvalue weighted by Gasteiger charge is 2.48. The molecule has 3 atom stereocenters. The first-order valence-corrected chi connectivity index (χ1v) is 12.6. The molecule has 2 aliphatic rings. The molecule has 37 heavy (non-hydrogen) atoms. The molecule has 0 radical (unpaired) electrons. The molecule has 2 fully saturated rings. The highest BCUT2D eigenvalue weighted by Crippen LogP contribution is 2.41. The van der Waals surface area contributed by atoms with Gasteiger partial charge in [0.05, 0.1) is 12.6 Å². The highest BCUT2D eigenvalue weighted by molar-refractivity contribution is 6.35. The van der Waals surface area contributed by atoms with Crippen LogP contribution in [-0.4, -0.2) is 55.0 Å². The lowest BCUT2D eigenvalue weighted by molar-refractivity contribution is -0.192. The van der Waals surface area contributed by atoms with Gasteiger partial charge in [0.1, 0.15) is 11.7 Å². The Morgan fingerprint density at radius 2 is 1.68 bits per heavy atom. The summed E-state index contributed by atoms with van der Waals surface area (Å²) >= 11 is 12.0. The molecule has 7 nitrogen and oxygen atoms in total. The molecule has 0 saturated carbocycles. The maximum absolute atomic E-state index is 12.5. The quantitative estimate of drug-likeness (QED) is 0.324. The summed E-state index contributed by atoms with van der Waals surface area (Å²) in [7, 11) is 0. The third kappa shape index (κ3) is 7.07. The number of carboxylic acids is 1. The van der Waals surface area contributed by atoms with Crippen molar-refractivity contribution in [3.8, 4) is 0 Å². The van der Waals surface area contributed by atoms with Crippen LogP contribution in [0.4, 0.5) is 35.0 Å². The summed E-state index contributed by atoms with van der Waals surface area (Å²) in [6.45, 7) is 7.92. The topological polar surface area (TPSA) is 90.5 Å². The lowest BCUT2D eigenvalue weighted by Crippen LogP contribution is -2.60. The zero-order valence-electron chi connectivity index (χ0n) is 20.5. The van der Waals surface area contributed by atoms with E-state index in [0.717, 1.165) is 23.3 Å². The number of aryl methyl sites for hydroxylation is 1. The number of halogens is 5. The predicted octanol–water partition coefficient (Wildman–Crippen LogP) is 6.43. The second kappa shape index (κ2) is 11.9. The normalized spacial score (nSPS) is 23.2. The summed E-state index contributed by atoms with van der Waals surface area (Å²) in [5, 5.41) is 17.4. The van der Waals surface area contributed by atoms with Gasteiger partial charge >= 0.3 is 18.2 Å². The van der Waals surface area contributed by atoms with Crippen molar-refractivity contribution in [2.45, 2.75) is 51.4 Å². The Morgan fingerprint density at radius 3 is 2.16 bits per heavy atom. The fraction of sp³-hybridized carbons (Fsp3) is 0.440. The Kier molecular flexibility index (Phi) is 9.33. The summed E-state index contributed by atoms with van der Waals surface area (Å²) in [5.41, 5.74) is 3.94. The van der Waals surface area contributed by atoms with Crippen LogP contribution in [0.1, 0.15) is 31.7 Å². The van der Waals surface area contributed by atoms with Gasteiger partial charge in [0.2, 0.25) is 0 Å². The van der Waals surface area contributed by atoms with Gasteiger partial charge in [-0.1, -0.05) is 23.2 Å². The highest BCUT2D eigenvalue weighted by atomic mass is 35.5. The standard InChI is InChI=1S/C23H28Cl2N4O.C2HF3O2/c1-15-10-19(27-23(30)28-20-12-17(24)11-18(25)13-20)5-6-22(15)29(9-3-4-16(29)2)21-7-8-26-14-21;3-2(4,5)1(6)7/h5-6,10-13,16,21,26H,3-4,7-9,14H2,1-2H3,(H-,27,28,30);(H,6,7)/p+1. The molecule has 4 rings (SSSR count). The minimum atomic E-state index is -5.08. The largest absolute Gasteiger partial charge is 0.490 e. The number of carbonyl (C=O) groups is 2. The molecular weight excluding hydrogens is 532 g/mol. The van der Waals surface area contributed by atoms with Crippen molar-refractivity contribution in [1.82, 2.24) is 9.80 Å². The number of hydrogen-bond acceptors (Lipinski definition) is 3. The SMILES string of the molecule is Cc1cc(NC(=O)Nc2cc(Cl)cc(Cl)c2)ccc1[N+]1(C2CCNC2)CCCC1C.O=C(O)C(F)(F)F. The van der Waals surface area contributed by atoms with E-state index in [4.69, 9.17) is 33.1 Å². The van der Waals surface area contributed by atoms with Crippen molar-refractivity contribution in [3.63, 3.8) is 0 Å². The lowest BCUT2D eigenvalue weighted by Gasteiger charge is -2.44. The number of urea groups is 1. The van der Waals surface area contributed by atoms with E-state index in [1.807, 2.05) is 6.07 Å². The number of hydrogen-bond donors (Lipinski definition) is 4. The van der Waals surface area contributed by atoms with E-state index >= 15 is 0 Å². The van der Waals surface area contributed by atoms with Crippen LogP contribution < -0.4 is 20.4 Å². The van der Waals surface area contributed by atoms with Gasteiger partial charge in [0.25, 0.3) is 0 Å². The van der Waals surface area contributed by atoms with E-state index < -0.39 is 12.1 Å². The number of alkyl halides is 3. The van der Waals surface area contributed by atoms with Crippen LogP contribution in [-0.2, 0) is 4.79 Å². The third-order valence-electron chi connectivity index (χ3n) is 6.89. The van der Waals surface area contributed by atoms with E-state index in [2.05, 4.69) is 41.9 Å². The molecule has 2 amide bonds. The Bertz CT molecular complexity index is 1120. The first-order chi connectivity index (χ1) is 17.3. The summed E-state index contributed by atoms with van der Waals surface area (Å²) in [5.74, 6) is -2.76. The van der Waals surface area contributed by atoms with Crippen LogP contribution in [0.2, 0.25) is 10.0 Å². The molecule has 0 spiro atoms. The van der Waals surface area contributed by atoms with Gasteiger partial charge in [-0.05, 0) is 44.2 Å². The van der Waals surface area contributed by atoms with E-state index in [-0.39, 0.29) is 6.03 Å². The predicted molar refractivity (Wildman–Crippen MR) is 141 cm³/mol. The summed E-state index contributed by atoms with van der Waals surface area (Å²) in [6, 6.07) is 12.2. The molecule has 202 valence electrons. The average Bonchev–Trinajstić information content (AvgIpc) is 3.43. The molecule has 4 N–H and O–H groups in total.